The Kier molecular flexibility index (Phi) is 3.53. The van der Waals surface area contributed by atoms with Crippen molar-refractivity contribution in [2.24, 2.45) is 0 Å². The van der Waals surface area contributed by atoms with Crippen LogP contribution in [-0.2, 0) is 4.74 Å². The molecule has 2 aliphatic heterocycles. The molecule has 1 aromatic rings. The summed E-state index contributed by atoms with van der Waals surface area (Å²) in [5.41, 5.74) is 1.13. The highest BCUT2D eigenvalue weighted by Crippen LogP contribution is 2.38. The Morgan fingerprint density at radius 3 is 3.00 bits per heavy atom. The molecule has 4 nitrogen and oxygen atoms in total. The van der Waals surface area contributed by atoms with Crippen molar-refractivity contribution >= 4 is 12.4 Å². The van der Waals surface area contributed by atoms with Gasteiger partial charge >= 0.3 is 0 Å². The van der Waals surface area contributed by atoms with Crippen LogP contribution in [0.2, 0.25) is 0 Å². The third-order valence-corrected chi connectivity index (χ3v) is 2.72. The highest BCUT2D eigenvalue weighted by atomic mass is 35.5. The lowest BCUT2D eigenvalue weighted by Gasteiger charge is -2.24. The van der Waals surface area contributed by atoms with Gasteiger partial charge < -0.3 is 19.5 Å². The van der Waals surface area contributed by atoms with Crippen molar-refractivity contribution in [2.45, 2.75) is 6.04 Å². The number of nitrogens with one attached hydrogen (secondary N) is 1. The van der Waals surface area contributed by atoms with Crippen LogP contribution in [0.4, 0.5) is 0 Å². The van der Waals surface area contributed by atoms with E-state index in [-0.39, 0.29) is 18.4 Å². The molecule has 16 heavy (non-hydrogen) atoms. The van der Waals surface area contributed by atoms with E-state index in [1.54, 1.807) is 0 Å². The van der Waals surface area contributed by atoms with E-state index in [2.05, 4.69) is 11.4 Å². The summed E-state index contributed by atoms with van der Waals surface area (Å²) in [6.45, 7) is 2.68. The van der Waals surface area contributed by atoms with Crippen LogP contribution in [0.5, 0.6) is 11.5 Å². The lowest BCUT2D eigenvalue weighted by molar-refractivity contribution is 0.0757. The van der Waals surface area contributed by atoms with Crippen LogP contribution in [0.3, 0.4) is 0 Å². The zero-order valence-electron chi connectivity index (χ0n) is 8.77. The van der Waals surface area contributed by atoms with Gasteiger partial charge in [-0.3, -0.25) is 0 Å². The van der Waals surface area contributed by atoms with Gasteiger partial charge in [-0.15, -0.1) is 12.4 Å². The molecule has 0 bridgehead atoms. The molecule has 0 saturated carbocycles. The fraction of sp³-hybridized carbons (Fsp3) is 0.455. The number of ether oxygens (including phenoxy) is 3. The Morgan fingerprint density at radius 2 is 2.19 bits per heavy atom. The summed E-state index contributed by atoms with van der Waals surface area (Å²) in [5, 5.41) is 3.40. The number of rotatable bonds is 1. The maximum atomic E-state index is 5.47. The van der Waals surface area contributed by atoms with Gasteiger partial charge in [0, 0.05) is 12.1 Å². The molecule has 1 aromatic carbocycles. The number of para-hydroxylation sites is 1. The second-order valence-corrected chi connectivity index (χ2v) is 3.66. The number of fused-ring (bicyclic) bond motifs is 1. The van der Waals surface area contributed by atoms with E-state index in [0.29, 0.717) is 13.4 Å². The van der Waals surface area contributed by atoms with Gasteiger partial charge in [-0.1, -0.05) is 12.1 Å². The Hall–Kier alpha value is -0.970. The van der Waals surface area contributed by atoms with Crippen molar-refractivity contribution in [1.29, 1.82) is 0 Å². The standard InChI is InChI=1S/C11H13NO3.ClH/c1-2-8(9-6-13-5-4-12-9)11-10(3-1)14-7-15-11;/h1-3,9,12H,4-7H2;1H/t9-;/m0./s1. The van der Waals surface area contributed by atoms with Crippen LogP contribution in [-0.4, -0.2) is 26.6 Å². The SMILES string of the molecule is Cl.c1cc2c(c([C@@H]3COCCN3)c1)OCO2. The van der Waals surface area contributed by atoms with Gasteiger partial charge in [-0.25, -0.2) is 0 Å². The van der Waals surface area contributed by atoms with Crippen molar-refractivity contribution in [2.75, 3.05) is 26.6 Å². The quantitative estimate of drug-likeness (QED) is 0.812. The molecule has 2 heterocycles. The number of hydrogen-bond acceptors (Lipinski definition) is 4. The van der Waals surface area contributed by atoms with Crippen LogP contribution in [0.1, 0.15) is 11.6 Å². The molecule has 0 spiro atoms. The summed E-state index contributed by atoms with van der Waals surface area (Å²) in [7, 11) is 0. The van der Waals surface area contributed by atoms with E-state index in [4.69, 9.17) is 14.2 Å². The van der Waals surface area contributed by atoms with Gasteiger partial charge in [0.05, 0.1) is 19.3 Å². The highest BCUT2D eigenvalue weighted by molar-refractivity contribution is 5.85. The average molecular weight is 244 g/mol. The second-order valence-electron chi connectivity index (χ2n) is 3.66. The molecule has 0 aromatic heterocycles. The van der Waals surface area contributed by atoms with Crippen LogP contribution < -0.4 is 14.8 Å². The van der Waals surface area contributed by atoms with Gasteiger partial charge in [0.2, 0.25) is 6.79 Å². The topological polar surface area (TPSA) is 39.7 Å². The number of benzene rings is 1. The predicted molar refractivity (Wildman–Crippen MR) is 61.4 cm³/mol. The van der Waals surface area contributed by atoms with E-state index in [1.807, 2.05) is 12.1 Å². The molecule has 0 amide bonds. The van der Waals surface area contributed by atoms with Crippen molar-refractivity contribution in [3.8, 4) is 11.5 Å². The first-order valence-corrected chi connectivity index (χ1v) is 5.15. The Morgan fingerprint density at radius 1 is 1.25 bits per heavy atom. The highest BCUT2D eigenvalue weighted by Gasteiger charge is 2.24. The number of morpholine rings is 1. The molecule has 5 heteroatoms. The maximum absolute atomic E-state index is 5.47. The average Bonchev–Trinajstić information content (AvgIpc) is 2.78. The van der Waals surface area contributed by atoms with Crippen LogP contribution >= 0.6 is 12.4 Å². The zero-order valence-corrected chi connectivity index (χ0v) is 9.59. The Labute approximate surface area is 100 Å². The Balaban J connectivity index is 0.000000963. The van der Waals surface area contributed by atoms with Crippen LogP contribution in [0.15, 0.2) is 18.2 Å². The van der Waals surface area contributed by atoms with Crippen molar-refractivity contribution in [1.82, 2.24) is 5.32 Å². The minimum absolute atomic E-state index is 0. The molecule has 0 radical (unpaired) electrons. The number of hydrogen-bond donors (Lipinski definition) is 1. The zero-order chi connectivity index (χ0) is 10.1. The van der Waals surface area contributed by atoms with E-state index in [0.717, 1.165) is 30.2 Å². The first kappa shape index (κ1) is 11.5. The molecule has 0 aliphatic carbocycles. The van der Waals surface area contributed by atoms with E-state index >= 15 is 0 Å². The summed E-state index contributed by atoms with van der Waals surface area (Å²) >= 11 is 0. The van der Waals surface area contributed by atoms with Crippen molar-refractivity contribution < 1.29 is 14.2 Å². The molecule has 1 fully saturated rings. The van der Waals surface area contributed by atoms with Crippen LogP contribution in [0.25, 0.3) is 0 Å². The van der Waals surface area contributed by atoms with Crippen molar-refractivity contribution in [3.63, 3.8) is 0 Å². The lowest BCUT2D eigenvalue weighted by atomic mass is 10.1. The minimum atomic E-state index is 0. The molecule has 2 aliphatic rings. The normalized spacial score (nSPS) is 22.6. The molecule has 88 valence electrons. The van der Waals surface area contributed by atoms with Gasteiger partial charge in [-0.05, 0) is 6.07 Å². The fourth-order valence-corrected chi connectivity index (χ4v) is 1.99. The first-order valence-electron chi connectivity index (χ1n) is 5.15. The molecule has 3 rings (SSSR count). The van der Waals surface area contributed by atoms with Gasteiger partial charge in [0.25, 0.3) is 0 Å². The molecule has 1 saturated heterocycles. The maximum Gasteiger partial charge on any atom is 0.231 e. The number of halogens is 1. The summed E-state index contributed by atoms with van der Waals surface area (Å²) < 4.78 is 16.2. The summed E-state index contributed by atoms with van der Waals surface area (Å²) in [5.74, 6) is 1.69. The largest absolute Gasteiger partial charge is 0.454 e. The molecule has 0 unspecified atom stereocenters. The smallest absolute Gasteiger partial charge is 0.231 e. The second kappa shape index (κ2) is 4.91. The molecule has 1 N–H and O–H groups in total. The third-order valence-electron chi connectivity index (χ3n) is 2.72. The van der Waals surface area contributed by atoms with Crippen LogP contribution in [0, 0.1) is 0 Å². The fourth-order valence-electron chi connectivity index (χ4n) is 1.99. The summed E-state index contributed by atoms with van der Waals surface area (Å²) in [4.78, 5) is 0. The van der Waals surface area contributed by atoms with Gasteiger partial charge in [0.15, 0.2) is 11.5 Å². The molecular formula is C11H14ClNO3. The molecule has 1 atom stereocenters. The van der Waals surface area contributed by atoms with Gasteiger partial charge in [0.1, 0.15) is 0 Å². The summed E-state index contributed by atoms with van der Waals surface area (Å²) in [6.07, 6.45) is 0. The Bertz CT molecular complexity index is 366. The third kappa shape index (κ3) is 1.96. The van der Waals surface area contributed by atoms with E-state index in [9.17, 15) is 0 Å². The monoisotopic (exact) mass is 243 g/mol. The van der Waals surface area contributed by atoms with E-state index < -0.39 is 0 Å². The summed E-state index contributed by atoms with van der Waals surface area (Å²) in [6, 6.07) is 6.18. The predicted octanol–water partition coefficient (Wildman–Crippen LogP) is 1.50. The molecular weight excluding hydrogens is 230 g/mol. The van der Waals surface area contributed by atoms with Gasteiger partial charge in [-0.2, -0.15) is 0 Å². The lowest BCUT2D eigenvalue weighted by Crippen LogP contribution is -2.34. The van der Waals surface area contributed by atoms with E-state index in [1.165, 1.54) is 0 Å². The van der Waals surface area contributed by atoms with Crippen molar-refractivity contribution in [3.05, 3.63) is 23.8 Å². The first-order chi connectivity index (χ1) is 7.45. The minimum Gasteiger partial charge on any atom is -0.454 e.